The Kier molecular flexibility index (Phi) is 6.29. The number of nitrogens with zero attached hydrogens (tertiary/aromatic N) is 1. The van der Waals surface area contributed by atoms with E-state index in [0.29, 0.717) is 24.9 Å². The highest BCUT2D eigenvalue weighted by Gasteiger charge is 2.18. The van der Waals surface area contributed by atoms with Gasteiger partial charge in [0.25, 0.3) is 0 Å². The van der Waals surface area contributed by atoms with E-state index in [2.05, 4.69) is 10.2 Å². The van der Waals surface area contributed by atoms with Crippen LogP contribution in [-0.2, 0) is 6.54 Å². The number of hydrogen-bond acceptors (Lipinski definition) is 5. The zero-order valence-electron chi connectivity index (χ0n) is 12.7. The highest BCUT2D eigenvalue weighted by Crippen LogP contribution is 2.27. The van der Waals surface area contributed by atoms with Crippen molar-refractivity contribution < 1.29 is 14.9 Å². The van der Waals surface area contributed by atoms with E-state index in [0.717, 1.165) is 25.2 Å². The van der Waals surface area contributed by atoms with Crippen molar-refractivity contribution in [3.05, 3.63) is 23.8 Å². The molecule has 0 amide bonds. The van der Waals surface area contributed by atoms with Crippen LogP contribution in [0.3, 0.4) is 0 Å². The Morgan fingerprint density at radius 2 is 2.29 bits per heavy atom. The largest absolute Gasteiger partial charge is 0.504 e. The summed E-state index contributed by atoms with van der Waals surface area (Å²) in [4.78, 5) is 2.24. The number of phenolic OH excluding ortho intramolecular Hbond substituents is 1. The zero-order chi connectivity index (χ0) is 15.1. The molecule has 0 bridgehead atoms. The molecule has 5 heteroatoms. The fourth-order valence-electron chi connectivity index (χ4n) is 2.79. The third-order valence-electron chi connectivity index (χ3n) is 3.79. The lowest BCUT2D eigenvalue weighted by molar-refractivity contribution is 0.179. The van der Waals surface area contributed by atoms with Gasteiger partial charge in [0.15, 0.2) is 11.5 Å². The van der Waals surface area contributed by atoms with Crippen LogP contribution in [0.4, 0.5) is 0 Å². The normalized spacial score (nSPS) is 18.3. The topological polar surface area (TPSA) is 65.0 Å². The number of hydrogen-bond donors (Lipinski definition) is 3. The van der Waals surface area contributed by atoms with Crippen molar-refractivity contribution in [3.8, 4) is 11.5 Å². The third-order valence-corrected chi connectivity index (χ3v) is 3.79. The van der Waals surface area contributed by atoms with Gasteiger partial charge in [-0.1, -0.05) is 6.07 Å². The number of ether oxygens (including phenoxy) is 1. The van der Waals surface area contributed by atoms with Gasteiger partial charge in [-0.25, -0.2) is 0 Å². The molecule has 1 heterocycles. The standard InChI is InChI=1S/C16H26N2O3/c1-2-21-16-10-13(5-6-15(16)20)11-18(8-9-19)12-14-4-3-7-17-14/h5-6,10,14,17,19-20H,2-4,7-9,11-12H2,1H3. The predicted molar refractivity (Wildman–Crippen MR) is 82.7 cm³/mol. The Bertz CT molecular complexity index is 434. The number of aromatic hydroxyl groups is 1. The van der Waals surface area contributed by atoms with Crippen molar-refractivity contribution in [2.24, 2.45) is 0 Å². The molecule has 1 aromatic carbocycles. The smallest absolute Gasteiger partial charge is 0.161 e. The first-order valence-corrected chi connectivity index (χ1v) is 7.74. The summed E-state index contributed by atoms with van der Waals surface area (Å²) in [5.41, 5.74) is 1.09. The van der Waals surface area contributed by atoms with E-state index in [4.69, 9.17) is 4.74 Å². The molecule has 1 atom stereocenters. The molecule has 1 aliphatic rings. The van der Waals surface area contributed by atoms with Crippen LogP contribution in [0.2, 0.25) is 0 Å². The maximum Gasteiger partial charge on any atom is 0.161 e. The zero-order valence-corrected chi connectivity index (χ0v) is 12.7. The van der Waals surface area contributed by atoms with Crippen LogP contribution in [0, 0.1) is 0 Å². The lowest BCUT2D eigenvalue weighted by Crippen LogP contribution is -2.38. The van der Waals surface area contributed by atoms with E-state index in [9.17, 15) is 10.2 Å². The van der Waals surface area contributed by atoms with E-state index in [1.54, 1.807) is 6.07 Å². The van der Waals surface area contributed by atoms with Crippen LogP contribution in [0.15, 0.2) is 18.2 Å². The van der Waals surface area contributed by atoms with Gasteiger partial charge >= 0.3 is 0 Å². The lowest BCUT2D eigenvalue weighted by atomic mass is 10.1. The highest BCUT2D eigenvalue weighted by molar-refractivity contribution is 5.41. The minimum absolute atomic E-state index is 0.156. The molecule has 0 radical (unpaired) electrons. The first-order chi connectivity index (χ1) is 10.2. The first-order valence-electron chi connectivity index (χ1n) is 7.74. The van der Waals surface area contributed by atoms with Crippen LogP contribution < -0.4 is 10.1 Å². The number of phenols is 1. The summed E-state index contributed by atoms with van der Waals surface area (Å²) in [5.74, 6) is 0.699. The number of aliphatic hydroxyl groups is 1. The van der Waals surface area contributed by atoms with Crippen molar-refractivity contribution in [2.75, 3.05) is 32.8 Å². The van der Waals surface area contributed by atoms with Gasteiger partial charge in [-0.2, -0.15) is 0 Å². The second-order valence-electron chi connectivity index (χ2n) is 5.49. The maximum absolute atomic E-state index is 9.74. The predicted octanol–water partition coefficient (Wildman–Crippen LogP) is 1.34. The lowest BCUT2D eigenvalue weighted by Gasteiger charge is -2.25. The Morgan fingerprint density at radius 1 is 1.43 bits per heavy atom. The van der Waals surface area contributed by atoms with Crippen molar-refractivity contribution in [3.63, 3.8) is 0 Å². The van der Waals surface area contributed by atoms with E-state index in [1.807, 2.05) is 19.1 Å². The molecule has 21 heavy (non-hydrogen) atoms. The average Bonchev–Trinajstić information content (AvgIpc) is 2.96. The molecule has 1 fully saturated rings. The molecule has 1 aliphatic heterocycles. The summed E-state index contributed by atoms with van der Waals surface area (Å²) in [6.45, 7) is 6.02. The van der Waals surface area contributed by atoms with Crippen molar-refractivity contribution >= 4 is 0 Å². The molecule has 1 saturated heterocycles. The van der Waals surface area contributed by atoms with Gasteiger partial charge in [-0.3, -0.25) is 4.90 Å². The number of benzene rings is 1. The molecular weight excluding hydrogens is 268 g/mol. The minimum Gasteiger partial charge on any atom is -0.504 e. The van der Waals surface area contributed by atoms with E-state index >= 15 is 0 Å². The second-order valence-corrected chi connectivity index (χ2v) is 5.49. The van der Waals surface area contributed by atoms with Crippen LogP contribution in [0.1, 0.15) is 25.3 Å². The molecule has 1 aromatic rings. The van der Waals surface area contributed by atoms with Gasteiger partial charge in [-0.05, 0) is 44.0 Å². The van der Waals surface area contributed by atoms with Gasteiger partial charge in [0.1, 0.15) is 0 Å². The van der Waals surface area contributed by atoms with E-state index < -0.39 is 0 Å². The van der Waals surface area contributed by atoms with Gasteiger partial charge in [0.2, 0.25) is 0 Å². The van der Waals surface area contributed by atoms with Gasteiger partial charge in [0.05, 0.1) is 13.2 Å². The fraction of sp³-hybridized carbons (Fsp3) is 0.625. The Balaban J connectivity index is 1.99. The van der Waals surface area contributed by atoms with E-state index in [-0.39, 0.29) is 12.4 Å². The van der Waals surface area contributed by atoms with Gasteiger partial charge in [-0.15, -0.1) is 0 Å². The molecule has 5 nitrogen and oxygen atoms in total. The summed E-state index contributed by atoms with van der Waals surface area (Å²) in [6, 6.07) is 5.97. The quantitative estimate of drug-likeness (QED) is 0.675. The Hall–Kier alpha value is -1.30. The van der Waals surface area contributed by atoms with Crippen molar-refractivity contribution in [1.82, 2.24) is 10.2 Å². The summed E-state index contributed by atoms with van der Waals surface area (Å²) in [6.07, 6.45) is 2.42. The molecule has 0 spiro atoms. The second kappa shape index (κ2) is 8.22. The number of rotatable bonds is 8. The van der Waals surface area contributed by atoms with Crippen LogP contribution in [-0.4, -0.2) is 54.0 Å². The Labute approximate surface area is 126 Å². The van der Waals surface area contributed by atoms with Gasteiger partial charge in [0, 0.05) is 25.7 Å². The SMILES string of the molecule is CCOc1cc(CN(CCO)CC2CCCN2)ccc1O. The molecule has 3 N–H and O–H groups in total. The van der Waals surface area contributed by atoms with Crippen molar-refractivity contribution in [2.45, 2.75) is 32.4 Å². The van der Waals surface area contributed by atoms with Crippen LogP contribution in [0.25, 0.3) is 0 Å². The minimum atomic E-state index is 0.156. The summed E-state index contributed by atoms with van der Waals surface area (Å²) >= 11 is 0. The number of aliphatic hydroxyl groups excluding tert-OH is 1. The molecule has 0 aliphatic carbocycles. The Morgan fingerprint density at radius 3 is 2.95 bits per heavy atom. The highest BCUT2D eigenvalue weighted by atomic mass is 16.5. The third kappa shape index (κ3) is 4.88. The van der Waals surface area contributed by atoms with E-state index in [1.165, 1.54) is 12.8 Å². The average molecular weight is 294 g/mol. The maximum atomic E-state index is 9.74. The van der Waals surface area contributed by atoms with Crippen LogP contribution in [0.5, 0.6) is 11.5 Å². The molecular formula is C16H26N2O3. The monoisotopic (exact) mass is 294 g/mol. The number of nitrogens with one attached hydrogen (secondary N) is 1. The molecule has 0 saturated carbocycles. The molecule has 118 valence electrons. The van der Waals surface area contributed by atoms with Gasteiger partial charge < -0.3 is 20.3 Å². The van der Waals surface area contributed by atoms with Crippen LogP contribution >= 0.6 is 0 Å². The molecule has 0 aromatic heterocycles. The summed E-state index contributed by atoms with van der Waals surface area (Å²) in [7, 11) is 0. The summed E-state index contributed by atoms with van der Waals surface area (Å²) < 4.78 is 5.42. The first kappa shape index (κ1) is 16.1. The summed E-state index contributed by atoms with van der Waals surface area (Å²) in [5, 5.41) is 22.5. The molecule has 1 unspecified atom stereocenters. The molecule has 2 rings (SSSR count). The fourth-order valence-corrected chi connectivity index (χ4v) is 2.79. The van der Waals surface area contributed by atoms with Crippen molar-refractivity contribution in [1.29, 1.82) is 0 Å².